The molecule has 0 aliphatic heterocycles. The smallest absolute Gasteiger partial charge is 0.0662 e. The molecule has 1 aliphatic carbocycles. The van der Waals surface area contributed by atoms with Gasteiger partial charge in [0, 0.05) is 17.3 Å². The van der Waals surface area contributed by atoms with Crippen molar-refractivity contribution in [2.24, 2.45) is 5.73 Å². The van der Waals surface area contributed by atoms with Crippen LogP contribution in [0.4, 0.5) is 0 Å². The Morgan fingerprint density at radius 2 is 2.11 bits per heavy atom. The van der Waals surface area contributed by atoms with Crippen molar-refractivity contribution in [2.75, 3.05) is 0 Å². The summed E-state index contributed by atoms with van der Waals surface area (Å²) in [5, 5.41) is 4.50. The lowest BCUT2D eigenvalue weighted by molar-refractivity contribution is 0.537. The molecular weight excluding hydrogens is 222 g/mol. The van der Waals surface area contributed by atoms with Crippen LogP contribution in [0, 0.1) is 6.92 Å². The molecule has 0 bridgehead atoms. The van der Waals surface area contributed by atoms with Crippen LogP contribution in [0.1, 0.15) is 41.3 Å². The van der Waals surface area contributed by atoms with E-state index in [-0.39, 0.29) is 6.04 Å². The normalized spacial score (nSPS) is 18.7. The zero-order valence-electron chi connectivity index (χ0n) is 10.8. The second-order valence-electron chi connectivity index (χ2n) is 5.19. The third-order valence-corrected chi connectivity index (χ3v) is 3.76. The topological polar surface area (TPSA) is 43.8 Å². The zero-order valence-corrected chi connectivity index (χ0v) is 10.8. The van der Waals surface area contributed by atoms with Crippen LogP contribution in [0.15, 0.2) is 30.5 Å². The second kappa shape index (κ2) is 4.58. The monoisotopic (exact) mass is 241 g/mol. The van der Waals surface area contributed by atoms with Crippen molar-refractivity contribution in [3.8, 4) is 0 Å². The van der Waals surface area contributed by atoms with Crippen molar-refractivity contribution in [1.82, 2.24) is 9.78 Å². The van der Waals surface area contributed by atoms with Crippen molar-refractivity contribution in [2.45, 2.75) is 38.8 Å². The predicted molar refractivity (Wildman–Crippen MR) is 72.4 cm³/mol. The van der Waals surface area contributed by atoms with E-state index in [1.54, 1.807) is 0 Å². The molecule has 1 heterocycles. The summed E-state index contributed by atoms with van der Waals surface area (Å²) in [6, 6.07) is 8.83. The molecule has 0 spiro atoms. The first-order chi connectivity index (χ1) is 8.74. The molecule has 3 heteroatoms. The van der Waals surface area contributed by atoms with E-state index in [4.69, 9.17) is 5.73 Å². The number of nitrogens with two attached hydrogens (primary N) is 1. The van der Waals surface area contributed by atoms with Crippen LogP contribution in [-0.2, 0) is 13.0 Å². The molecule has 2 aromatic rings. The molecular formula is C15H19N3. The maximum atomic E-state index is 6.12. The van der Waals surface area contributed by atoms with Crippen LogP contribution in [0.3, 0.4) is 0 Å². The fourth-order valence-electron chi connectivity index (χ4n) is 2.66. The summed E-state index contributed by atoms with van der Waals surface area (Å²) in [5.74, 6) is 0. The van der Waals surface area contributed by atoms with Crippen LogP contribution in [-0.4, -0.2) is 9.78 Å². The Balaban J connectivity index is 1.87. The molecule has 1 unspecified atom stereocenters. The zero-order chi connectivity index (χ0) is 12.5. The largest absolute Gasteiger partial charge is 0.324 e. The average molecular weight is 241 g/mol. The van der Waals surface area contributed by atoms with Gasteiger partial charge in [0.1, 0.15) is 0 Å². The van der Waals surface area contributed by atoms with Crippen molar-refractivity contribution in [1.29, 1.82) is 0 Å². The van der Waals surface area contributed by atoms with E-state index in [0.717, 1.165) is 19.4 Å². The number of hydrogen-bond acceptors (Lipinski definition) is 2. The van der Waals surface area contributed by atoms with Crippen LogP contribution in [0.2, 0.25) is 0 Å². The second-order valence-corrected chi connectivity index (χ2v) is 5.19. The number of hydrogen-bond donors (Lipinski definition) is 1. The Kier molecular flexibility index (Phi) is 2.92. The van der Waals surface area contributed by atoms with Gasteiger partial charge in [-0.15, -0.1) is 0 Å². The highest BCUT2D eigenvalue weighted by Crippen LogP contribution is 2.27. The van der Waals surface area contributed by atoms with Gasteiger partial charge in [-0.05, 0) is 31.7 Å². The third-order valence-electron chi connectivity index (χ3n) is 3.76. The van der Waals surface area contributed by atoms with Crippen LogP contribution in [0.5, 0.6) is 0 Å². The molecule has 1 aromatic heterocycles. The van der Waals surface area contributed by atoms with Gasteiger partial charge in [0.15, 0.2) is 0 Å². The number of rotatable bonds is 2. The first kappa shape index (κ1) is 11.5. The fourth-order valence-corrected chi connectivity index (χ4v) is 2.66. The molecule has 1 aromatic carbocycles. The Labute approximate surface area is 108 Å². The summed E-state index contributed by atoms with van der Waals surface area (Å²) in [6.45, 7) is 2.96. The Bertz CT molecular complexity index is 539. The standard InChI is InChI=1S/C15H19N3/c1-11-5-7-12(8-6-11)10-18-15-4-2-3-14(16)13(15)9-17-18/h5-9,14H,2-4,10,16H2,1H3. The van der Waals surface area contributed by atoms with Gasteiger partial charge in [0.05, 0.1) is 12.7 Å². The molecule has 18 heavy (non-hydrogen) atoms. The minimum atomic E-state index is 0.181. The number of nitrogens with zero attached hydrogens (tertiary/aromatic N) is 2. The lowest BCUT2D eigenvalue weighted by Gasteiger charge is -2.19. The van der Waals surface area contributed by atoms with Gasteiger partial charge in [0.2, 0.25) is 0 Å². The van der Waals surface area contributed by atoms with Gasteiger partial charge < -0.3 is 5.73 Å². The number of benzene rings is 1. The SMILES string of the molecule is Cc1ccc(Cn2ncc3c2CCCC3N)cc1. The van der Waals surface area contributed by atoms with Crippen LogP contribution >= 0.6 is 0 Å². The van der Waals surface area contributed by atoms with E-state index in [9.17, 15) is 0 Å². The minimum Gasteiger partial charge on any atom is -0.324 e. The summed E-state index contributed by atoms with van der Waals surface area (Å²) in [6.07, 6.45) is 5.32. The van der Waals surface area contributed by atoms with Crippen molar-refractivity contribution >= 4 is 0 Å². The van der Waals surface area contributed by atoms with E-state index >= 15 is 0 Å². The quantitative estimate of drug-likeness (QED) is 0.878. The molecule has 1 atom stereocenters. The predicted octanol–water partition coefficient (Wildman–Crippen LogP) is 2.58. The highest BCUT2D eigenvalue weighted by atomic mass is 15.3. The highest BCUT2D eigenvalue weighted by molar-refractivity contribution is 5.27. The van der Waals surface area contributed by atoms with Crippen molar-refractivity contribution in [3.63, 3.8) is 0 Å². The van der Waals surface area contributed by atoms with Crippen LogP contribution < -0.4 is 5.73 Å². The van der Waals surface area contributed by atoms with E-state index in [0.29, 0.717) is 0 Å². The lowest BCUT2D eigenvalue weighted by Crippen LogP contribution is -2.18. The van der Waals surface area contributed by atoms with Gasteiger partial charge in [-0.1, -0.05) is 29.8 Å². The molecule has 3 rings (SSSR count). The molecule has 0 saturated carbocycles. The molecule has 0 amide bonds. The molecule has 0 radical (unpaired) electrons. The van der Waals surface area contributed by atoms with E-state index in [1.807, 2.05) is 6.20 Å². The molecule has 1 aliphatic rings. The van der Waals surface area contributed by atoms with Crippen molar-refractivity contribution < 1.29 is 0 Å². The van der Waals surface area contributed by atoms with Crippen LogP contribution in [0.25, 0.3) is 0 Å². The Morgan fingerprint density at radius 3 is 2.89 bits per heavy atom. The summed E-state index contributed by atoms with van der Waals surface area (Å²) in [4.78, 5) is 0. The van der Waals surface area contributed by atoms with E-state index < -0.39 is 0 Å². The molecule has 3 nitrogen and oxygen atoms in total. The summed E-state index contributed by atoms with van der Waals surface area (Å²) in [7, 11) is 0. The Morgan fingerprint density at radius 1 is 1.33 bits per heavy atom. The summed E-state index contributed by atoms with van der Waals surface area (Å²) in [5.41, 5.74) is 11.3. The van der Waals surface area contributed by atoms with Gasteiger partial charge in [-0.3, -0.25) is 4.68 Å². The lowest BCUT2D eigenvalue weighted by atomic mass is 9.94. The summed E-state index contributed by atoms with van der Waals surface area (Å²) >= 11 is 0. The molecule has 0 saturated heterocycles. The van der Waals surface area contributed by atoms with Gasteiger partial charge >= 0.3 is 0 Å². The van der Waals surface area contributed by atoms with Gasteiger partial charge in [-0.25, -0.2) is 0 Å². The fraction of sp³-hybridized carbons (Fsp3) is 0.400. The highest BCUT2D eigenvalue weighted by Gasteiger charge is 2.21. The average Bonchev–Trinajstić information content (AvgIpc) is 2.77. The molecule has 2 N–H and O–H groups in total. The maximum absolute atomic E-state index is 6.12. The third kappa shape index (κ3) is 2.06. The first-order valence-corrected chi connectivity index (χ1v) is 6.60. The van der Waals surface area contributed by atoms with Gasteiger partial charge in [-0.2, -0.15) is 5.10 Å². The first-order valence-electron chi connectivity index (χ1n) is 6.60. The number of aromatic nitrogens is 2. The van der Waals surface area contributed by atoms with E-state index in [1.165, 1.54) is 28.8 Å². The van der Waals surface area contributed by atoms with Gasteiger partial charge in [0.25, 0.3) is 0 Å². The number of fused-ring (bicyclic) bond motifs is 1. The molecule has 94 valence electrons. The maximum Gasteiger partial charge on any atom is 0.0662 e. The Hall–Kier alpha value is -1.61. The molecule has 0 fully saturated rings. The summed E-state index contributed by atoms with van der Waals surface area (Å²) < 4.78 is 2.11. The van der Waals surface area contributed by atoms with E-state index in [2.05, 4.69) is 41.0 Å². The minimum absolute atomic E-state index is 0.181. The number of aryl methyl sites for hydroxylation is 1. The van der Waals surface area contributed by atoms with Crippen molar-refractivity contribution in [3.05, 3.63) is 52.8 Å².